The molecule has 1 rings (SSSR count). The molecule has 98 valence electrons. The van der Waals surface area contributed by atoms with E-state index in [1.54, 1.807) is 6.92 Å². The summed E-state index contributed by atoms with van der Waals surface area (Å²) in [4.78, 5) is 23.0. The van der Waals surface area contributed by atoms with Gasteiger partial charge in [-0.3, -0.25) is 4.79 Å². The zero-order valence-corrected chi connectivity index (χ0v) is 11.1. The van der Waals surface area contributed by atoms with E-state index >= 15 is 0 Å². The van der Waals surface area contributed by atoms with Gasteiger partial charge in [0.1, 0.15) is 0 Å². The summed E-state index contributed by atoms with van der Waals surface area (Å²) in [7, 11) is 0. The minimum absolute atomic E-state index is 0.122. The monoisotopic (exact) mass is 242 g/mol. The van der Waals surface area contributed by atoms with Gasteiger partial charge in [0, 0.05) is 12.3 Å². The molecule has 0 bridgehead atoms. The van der Waals surface area contributed by atoms with Gasteiger partial charge in [0.15, 0.2) is 0 Å². The normalized spacial score (nSPS) is 29.1. The molecule has 0 amide bonds. The van der Waals surface area contributed by atoms with E-state index in [0.717, 1.165) is 12.8 Å². The van der Waals surface area contributed by atoms with E-state index in [9.17, 15) is 14.7 Å². The van der Waals surface area contributed by atoms with Gasteiger partial charge < -0.3 is 9.84 Å². The molecule has 0 aliphatic heterocycles. The predicted octanol–water partition coefficient (Wildman–Crippen LogP) is 2.61. The smallest absolute Gasteiger partial charge is 0.348 e. The van der Waals surface area contributed by atoms with Gasteiger partial charge in [-0.05, 0) is 24.7 Å². The van der Waals surface area contributed by atoms with Crippen LogP contribution in [-0.2, 0) is 14.3 Å². The lowest BCUT2D eigenvalue weighted by Crippen LogP contribution is -2.50. The predicted molar refractivity (Wildman–Crippen MR) is 63.5 cm³/mol. The molecule has 2 unspecified atom stereocenters. The Morgan fingerprint density at radius 3 is 2.41 bits per heavy atom. The molecule has 1 aliphatic carbocycles. The lowest BCUT2D eigenvalue weighted by Gasteiger charge is -2.38. The number of ether oxygens (including phenoxy) is 1. The largest absolute Gasteiger partial charge is 0.478 e. The van der Waals surface area contributed by atoms with Crippen LogP contribution in [-0.4, -0.2) is 22.6 Å². The summed E-state index contributed by atoms with van der Waals surface area (Å²) in [6.45, 7) is 7.68. The molecule has 2 atom stereocenters. The summed E-state index contributed by atoms with van der Waals surface area (Å²) in [6, 6.07) is 0. The Labute approximate surface area is 102 Å². The quantitative estimate of drug-likeness (QED) is 0.773. The second-order valence-corrected chi connectivity index (χ2v) is 5.83. The number of hydrogen-bond acceptors (Lipinski definition) is 3. The van der Waals surface area contributed by atoms with Crippen LogP contribution in [0.4, 0.5) is 0 Å². The molecule has 17 heavy (non-hydrogen) atoms. The zero-order valence-electron chi connectivity index (χ0n) is 11.1. The lowest BCUT2D eigenvalue weighted by molar-refractivity contribution is -0.188. The Hall–Kier alpha value is -1.06. The summed E-state index contributed by atoms with van der Waals surface area (Å²) in [5, 5.41) is 9.46. The van der Waals surface area contributed by atoms with Gasteiger partial charge in [0.05, 0.1) is 0 Å². The number of carbonyl (C=O) groups excluding carboxylic acids is 1. The van der Waals surface area contributed by atoms with Gasteiger partial charge in [-0.25, -0.2) is 4.79 Å². The van der Waals surface area contributed by atoms with Crippen molar-refractivity contribution in [3.05, 3.63) is 0 Å². The fourth-order valence-corrected chi connectivity index (χ4v) is 2.81. The van der Waals surface area contributed by atoms with Gasteiger partial charge in [-0.1, -0.05) is 27.7 Å². The van der Waals surface area contributed by atoms with Crippen molar-refractivity contribution in [3.8, 4) is 0 Å². The average molecular weight is 242 g/mol. The number of carboxylic acid groups (broad SMARTS) is 1. The van der Waals surface area contributed by atoms with Crippen LogP contribution in [0.1, 0.15) is 53.4 Å². The van der Waals surface area contributed by atoms with E-state index in [-0.39, 0.29) is 17.8 Å². The molecule has 1 aliphatic rings. The van der Waals surface area contributed by atoms with Crippen LogP contribution in [0.2, 0.25) is 0 Å². The average Bonchev–Trinajstić information content (AvgIpc) is 2.62. The maximum absolute atomic E-state index is 11.6. The van der Waals surface area contributed by atoms with Crippen LogP contribution < -0.4 is 0 Å². The molecule has 4 nitrogen and oxygen atoms in total. The molecule has 1 fully saturated rings. The number of rotatable bonds is 3. The molecule has 0 radical (unpaired) electrons. The third-order valence-electron chi connectivity index (χ3n) is 3.60. The van der Waals surface area contributed by atoms with Crippen LogP contribution in [0, 0.1) is 11.3 Å². The molecule has 0 heterocycles. The molecular weight excluding hydrogens is 220 g/mol. The fraction of sp³-hybridized carbons (Fsp3) is 0.846. The summed E-state index contributed by atoms with van der Waals surface area (Å²) in [5.74, 6) is -1.55. The Bertz CT molecular complexity index is 316. The van der Waals surface area contributed by atoms with Crippen molar-refractivity contribution in [2.45, 2.75) is 59.0 Å². The molecule has 4 heteroatoms. The third-order valence-corrected chi connectivity index (χ3v) is 3.60. The summed E-state index contributed by atoms with van der Waals surface area (Å²) in [5.41, 5.74) is -1.49. The molecule has 1 N–H and O–H groups in total. The van der Waals surface area contributed by atoms with E-state index in [1.165, 1.54) is 0 Å². The van der Waals surface area contributed by atoms with Crippen molar-refractivity contribution >= 4 is 11.9 Å². The van der Waals surface area contributed by atoms with Gasteiger partial charge in [-0.15, -0.1) is 0 Å². The molecule has 0 aromatic heterocycles. The second kappa shape index (κ2) is 4.67. The highest BCUT2D eigenvalue weighted by Crippen LogP contribution is 2.48. The maximum Gasteiger partial charge on any atom is 0.348 e. The van der Waals surface area contributed by atoms with Crippen molar-refractivity contribution in [2.24, 2.45) is 11.3 Å². The van der Waals surface area contributed by atoms with Crippen molar-refractivity contribution in [1.29, 1.82) is 0 Å². The maximum atomic E-state index is 11.6. The topological polar surface area (TPSA) is 63.6 Å². The Morgan fingerprint density at radius 2 is 2.00 bits per heavy atom. The van der Waals surface area contributed by atoms with E-state index in [0.29, 0.717) is 6.42 Å². The highest BCUT2D eigenvalue weighted by atomic mass is 16.6. The molecular formula is C13H22O4. The number of esters is 1. The standard InChI is InChI=1S/C13H22O4/c1-5-10(14)17-13(11(15)16)8-6-7-9(13)12(2,3)4/h9H,5-8H2,1-4H3,(H,15,16). The van der Waals surface area contributed by atoms with Gasteiger partial charge >= 0.3 is 11.9 Å². The van der Waals surface area contributed by atoms with Gasteiger partial charge in [0.25, 0.3) is 0 Å². The molecule has 0 aromatic rings. The minimum atomic E-state index is -1.31. The van der Waals surface area contributed by atoms with E-state index in [2.05, 4.69) is 0 Å². The fourth-order valence-electron chi connectivity index (χ4n) is 2.81. The first-order valence-electron chi connectivity index (χ1n) is 6.19. The highest BCUT2D eigenvalue weighted by Gasteiger charge is 2.56. The zero-order chi connectivity index (χ0) is 13.3. The van der Waals surface area contributed by atoms with E-state index in [1.807, 2.05) is 20.8 Å². The second-order valence-electron chi connectivity index (χ2n) is 5.83. The highest BCUT2D eigenvalue weighted by molar-refractivity contribution is 5.82. The van der Waals surface area contributed by atoms with Crippen molar-refractivity contribution in [2.75, 3.05) is 0 Å². The Balaban J connectivity index is 3.06. The first-order chi connectivity index (χ1) is 7.74. The van der Waals surface area contributed by atoms with Gasteiger partial charge in [-0.2, -0.15) is 0 Å². The summed E-state index contributed by atoms with van der Waals surface area (Å²) >= 11 is 0. The minimum Gasteiger partial charge on any atom is -0.478 e. The van der Waals surface area contributed by atoms with E-state index < -0.39 is 17.5 Å². The molecule has 0 aromatic carbocycles. The van der Waals surface area contributed by atoms with Crippen molar-refractivity contribution < 1.29 is 19.4 Å². The Morgan fingerprint density at radius 1 is 1.41 bits per heavy atom. The van der Waals surface area contributed by atoms with Crippen LogP contribution in [0.25, 0.3) is 0 Å². The molecule has 0 spiro atoms. The first kappa shape index (κ1) is 14.0. The van der Waals surface area contributed by atoms with Gasteiger partial charge in [0.2, 0.25) is 5.60 Å². The Kier molecular flexibility index (Phi) is 3.84. The van der Waals surface area contributed by atoms with E-state index in [4.69, 9.17) is 4.74 Å². The van der Waals surface area contributed by atoms with Crippen LogP contribution in [0.5, 0.6) is 0 Å². The van der Waals surface area contributed by atoms with Crippen LogP contribution in [0.3, 0.4) is 0 Å². The SMILES string of the molecule is CCC(=O)OC1(C(=O)O)CCCC1C(C)(C)C. The summed E-state index contributed by atoms with van der Waals surface area (Å²) < 4.78 is 5.31. The molecule has 1 saturated carbocycles. The molecule has 0 saturated heterocycles. The summed E-state index contributed by atoms with van der Waals surface area (Å²) in [6.07, 6.45) is 2.24. The number of carbonyl (C=O) groups is 2. The lowest BCUT2D eigenvalue weighted by atomic mass is 9.72. The first-order valence-corrected chi connectivity index (χ1v) is 6.19. The van der Waals surface area contributed by atoms with Crippen LogP contribution >= 0.6 is 0 Å². The number of aliphatic carboxylic acids is 1. The van der Waals surface area contributed by atoms with Crippen LogP contribution in [0.15, 0.2) is 0 Å². The third kappa shape index (κ3) is 2.61. The number of carboxylic acids is 1. The van der Waals surface area contributed by atoms with Crippen molar-refractivity contribution in [3.63, 3.8) is 0 Å². The number of hydrogen-bond donors (Lipinski definition) is 1. The van der Waals surface area contributed by atoms with Crippen molar-refractivity contribution in [1.82, 2.24) is 0 Å².